The molecule has 0 aliphatic carbocycles. The summed E-state index contributed by atoms with van der Waals surface area (Å²) < 4.78 is 0. The van der Waals surface area contributed by atoms with Crippen molar-refractivity contribution >= 4 is 43.2 Å². The van der Waals surface area contributed by atoms with E-state index in [9.17, 15) is 4.79 Å². The molecule has 0 saturated carbocycles. The molecule has 0 aliphatic heterocycles. The van der Waals surface area contributed by atoms with Gasteiger partial charge in [0.2, 0.25) is 0 Å². The van der Waals surface area contributed by atoms with Crippen molar-refractivity contribution in [3.05, 3.63) is 0 Å². The van der Waals surface area contributed by atoms with Crippen molar-refractivity contribution in [2.75, 3.05) is 32.7 Å². The minimum Gasteiger partial charge on any atom is -0.481 e. The molecule has 0 unspecified atom stereocenters. The van der Waals surface area contributed by atoms with Crippen molar-refractivity contribution in [1.29, 1.82) is 0 Å². The molecular weight excluding hydrogens is 300 g/mol. The van der Waals surface area contributed by atoms with Crippen LogP contribution in [0.2, 0.25) is 0 Å². The maximum Gasteiger partial charge on any atom is 0.303 e. The van der Waals surface area contributed by atoms with Crippen LogP contribution in [0.25, 0.3) is 0 Å². The molecule has 8 heteroatoms. The number of rotatable bonds is 10. The Balaban J connectivity index is -0.000000327. The van der Waals surface area contributed by atoms with Gasteiger partial charge in [-0.25, -0.2) is 0 Å². The molecule has 0 saturated heterocycles. The fourth-order valence-electron chi connectivity index (χ4n) is 1.42. The molecule has 0 rings (SSSR count). The number of aliphatic carboxylic acids is 1. The summed E-state index contributed by atoms with van der Waals surface area (Å²) in [6.07, 6.45) is 2.85. The summed E-state index contributed by atoms with van der Waals surface area (Å²) in [7, 11) is 0. The van der Waals surface area contributed by atoms with Crippen LogP contribution in [0, 0.1) is 0 Å². The molecule has 114 valence electrons. The number of hydrogen-bond donors (Lipinski definition) is 3. The first kappa shape index (κ1) is 26.7. The minimum absolute atomic E-state index is 0. The third-order valence-electron chi connectivity index (χ3n) is 2.22. The van der Waals surface area contributed by atoms with Gasteiger partial charge in [0.25, 0.3) is 0 Å². The topological polar surface area (TPSA) is 92.6 Å². The Kier molecular flexibility index (Phi) is 29.0. The zero-order chi connectivity index (χ0) is 11.5. The van der Waals surface area contributed by atoms with Gasteiger partial charge >= 0.3 is 5.97 Å². The predicted molar refractivity (Wildman–Crippen MR) is 82.4 cm³/mol. The summed E-state index contributed by atoms with van der Waals surface area (Å²) in [5, 5.41) is 8.52. The smallest absolute Gasteiger partial charge is 0.303 e. The third-order valence-corrected chi connectivity index (χ3v) is 2.22. The van der Waals surface area contributed by atoms with Gasteiger partial charge in [0.15, 0.2) is 0 Å². The van der Waals surface area contributed by atoms with E-state index in [4.69, 9.17) is 16.6 Å². The molecular formula is C10H26Cl3N3O2. The van der Waals surface area contributed by atoms with Crippen LogP contribution < -0.4 is 11.5 Å². The van der Waals surface area contributed by atoms with Crippen LogP contribution in [0.3, 0.4) is 0 Å². The number of nitrogens with zero attached hydrogens (tertiary/aromatic N) is 1. The van der Waals surface area contributed by atoms with E-state index in [1.54, 1.807) is 0 Å². The number of hydrogen-bond acceptors (Lipinski definition) is 4. The Morgan fingerprint density at radius 3 is 1.61 bits per heavy atom. The van der Waals surface area contributed by atoms with Crippen LogP contribution in [0.15, 0.2) is 0 Å². The van der Waals surface area contributed by atoms with Crippen molar-refractivity contribution < 1.29 is 9.90 Å². The highest BCUT2D eigenvalue weighted by molar-refractivity contribution is 5.86. The SMILES string of the molecule is Cl.Cl.Cl.NCCCN(CCCN)CCCC(=O)O. The highest BCUT2D eigenvalue weighted by Crippen LogP contribution is 1.98. The monoisotopic (exact) mass is 325 g/mol. The van der Waals surface area contributed by atoms with E-state index >= 15 is 0 Å². The summed E-state index contributed by atoms with van der Waals surface area (Å²) in [6.45, 7) is 4.06. The standard InChI is InChI=1S/C10H23N3O2.3ClH/c11-5-2-8-13(9-3-6-12)7-1-4-10(14)15;;;/h1-9,11-12H2,(H,14,15);3*1H. The van der Waals surface area contributed by atoms with Gasteiger partial charge in [-0.3, -0.25) is 4.79 Å². The Morgan fingerprint density at radius 2 is 1.28 bits per heavy atom. The van der Waals surface area contributed by atoms with Gasteiger partial charge in [-0.05, 0) is 52.0 Å². The molecule has 0 aromatic carbocycles. The molecule has 0 aromatic rings. The van der Waals surface area contributed by atoms with Gasteiger partial charge in [-0.2, -0.15) is 0 Å². The molecule has 0 aliphatic rings. The number of carbonyl (C=O) groups is 1. The fourth-order valence-corrected chi connectivity index (χ4v) is 1.42. The summed E-state index contributed by atoms with van der Waals surface area (Å²) in [5.74, 6) is -0.729. The second-order valence-electron chi connectivity index (χ2n) is 3.62. The van der Waals surface area contributed by atoms with Crippen LogP contribution in [-0.4, -0.2) is 48.7 Å². The lowest BCUT2D eigenvalue weighted by molar-refractivity contribution is -0.137. The molecule has 0 fully saturated rings. The summed E-state index contributed by atoms with van der Waals surface area (Å²) in [5.41, 5.74) is 10.9. The van der Waals surface area contributed by atoms with Crippen molar-refractivity contribution in [2.24, 2.45) is 11.5 Å². The lowest BCUT2D eigenvalue weighted by atomic mass is 10.2. The molecule has 0 spiro atoms. The van der Waals surface area contributed by atoms with Gasteiger partial charge in [0.1, 0.15) is 0 Å². The Hall–Kier alpha value is 0.220. The molecule has 18 heavy (non-hydrogen) atoms. The number of halogens is 3. The molecule has 0 amide bonds. The van der Waals surface area contributed by atoms with Crippen LogP contribution >= 0.6 is 37.2 Å². The second kappa shape index (κ2) is 19.6. The lowest BCUT2D eigenvalue weighted by Crippen LogP contribution is -2.30. The quantitative estimate of drug-likeness (QED) is 0.559. The first-order valence-corrected chi connectivity index (χ1v) is 5.55. The summed E-state index contributed by atoms with van der Waals surface area (Å²) in [6, 6.07) is 0. The van der Waals surface area contributed by atoms with Crippen molar-refractivity contribution in [1.82, 2.24) is 4.90 Å². The average molecular weight is 327 g/mol. The van der Waals surface area contributed by atoms with Crippen LogP contribution in [0.4, 0.5) is 0 Å². The Labute approximate surface area is 128 Å². The Bertz CT molecular complexity index is 168. The third kappa shape index (κ3) is 18.6. The van der Waals surface area contributed by atoms with Crippen molar-refractivity contribution in [3.63, 3.8) is 0 Å². The number of nitrogens with two attached hydrogens (primary N) is 2. The Morgan fingerprint density at radius 1 is 0.889 bits per heavy atom. The highest BCUT2D eigenvalue weighted by Gasteiger charge is 2.05. The van der Waals surface area contributed by atoms with E-state index in [0.29, 0.717) is 19.5 Å². The molecule has 0 aromatic heterocycles. The number of carboxylic acid groups (broad SMARTS) is 1. The van der Waals surface area contributed by atoms with Gasteiger partial charge < -0.3 is 21.5 Å². The van der Waals surface area contributed by atoms with E-state index in [1.807, 2.05) is 0 Å². The normalized spacial score (nSPS) is 9.06. The first-order chi connectivity index (χ1) is 7.20. The van der Waals surface area contributed by atoms with E-state index in [0.717, 1.165) is 32.5 Å². The largest absolute Gasteiger partial charge is 0.481 e. The maximum absolute atomic E-state index is 10.4. The molecule has 0 heterocycles. The van der Waals surface area contributed by atoms with Crippen molar-refractivity contribution in [3.8, 4) is 0 Å². The minimum atomic E-state index is -0.729. The molecule has 0 bridgehead atoms. The van der Waals surface area contributed by atoms with Gasteiger partial charge in [0, 0.05) is 6.42 Å². The highest BCUT2D eigenvalue weighted by atomic mass is 35.5. The van der Waals surface area contributed by atoms with Gasteiger partial charge in [0.05, 0.1) is 0 Å². The van der Waals surface area contributed by atoms with Crippen LogP contribution in [0.5, 0.6) is 0 Å². The average Bonchev–Trinajstić information content (AvgIpc) is 2.20. The van der Waals surface area contributed by atoms with Gasteiger partial charge in [-0.15, -0.1) is 37.2 Å². The zero-order valence-corrected chi connectivity index (χ0v) is 13.0. The lowest BCUT2D eigenvalue weighted by Gasteiger charge is -2.21. The fraction of sp³-hybridized carbons (Fsp3) is 0.900. The molecule has 0 radical (unpaired) electrons. The molecule has 5 nitrogen and oxygen atoms in total. The second-order valence-corrected chi connectivity index (χ2v) is 3.62. The number of carboxylic acids is 1. The molecule has 5 N–H and O–H groups in total. The van der Waals surface area contributed by atoms with Crippen LogP contribution in [-0.2, 0) is 4.79 Å². The van der Waals surface area contributed by atoms with E-state index in [1.165, 1.54) is 0 Å². The predicted octanol–water partition coefficient (Wildman–Crippen LogP) is 1.12. The maximum atomic E-state index is 10.4. The van der Waals surface area contributed by atoms with E-state index in [-0.39, 0.29) is 43.6 Å². The summed E-state index contributed by atoms with van der Waals surface area (Å²) in [4.78, 5) is 12.6. The van der Waals surface area contributed by atoms with Crippen molar-refractivity contribution in [2.45, 2.75) is 25.7 Å². The first-order valence-electron chi connectivity index (χ1n) is 5.55. The van der Waals surface area contributed by atoms with Gasteiger partial charge in [-0.1, -0.05) is 0 Å². The van der Waals surface area contributed by atoms with Crippen LogP contribution in [0.1, 0.15) is 25.7 Å². The molecule has 0 atom stereocenters. The van der Waals surface area contributed by atoms with E-state index in [2.05, 4.69) is 4.90 Å². The van der Waals surface area contributed by atoms with E-state index < -0.39 is 5.97 Å². The summed E-state index contributed by atoms with van der Waals surface area (Å²) >= 11 is 0. The zero-order valence-electron chi connectivity index (χ0n) is 10.5.